The number of ketones is 1. The fourth-order valence-corrected chi connectivity index (χ4v) is 2.41. The van der Waals surface area contributed by atoms with Gasteiger partial charge in [0.15, 0.2) is 0 Å². The van der Waals surface area contributed by atoms with Gasteiger partial charge in [-0.15, -0.1) is 0 Å². The Bertz CT molecular complexity index is 459. The van der Waals surface area contributed by atoms with Crippen LogP contribution in [0.3, 0.4) is 0 Å². The lowest BCUT2D eigenvalue weighted by Gasteiger charge is -2.36. The van der Waals surface area contributed by atoms with E-state index in [0.29, 0.717) is 0 Å². The van der Waals surface area contributed by atoms with E-state index in [1.54, 1.807) is 34.6 Å². The van der Waals surface area contributed by atoms with Crippen LogP contribution in [0.25, 0.3) is 0 Å². The molecule has 0 aromatic heterocycles. The Balaban J connectivity index is 2.92. The third kappa shape index (κ3) is 5.18. The Morgan fingerprint density at radius 2 is 1.78 bits per heavy atom. The van der Waals surface area contributed by atoms with Crippen molar-refractivity contribution in [3.05, 3.63) is 0 Å². The van der Waals surface area contributed by atoms with E-state index in [4.69, 9.17) is 9.47 Å². The SMILES string of the molecule is CC(C)(C)OC(=O)N1[C@@H]([C@@H](O)CC(=O)C(C)(C)C)COC1(C)C. The fourth-order valence-electron chi connectivity index (χ4n) is 2.41. The van der Waals surface area contributed by atoms with E-state index in [1.165, 1.54) is 4.90 Å². The molecule has 0 saturated carbocycles. The van der Waals surface area contributed by atoms with Crippen molar-refractivity contribution in [2.45, 2.75) is 85.3 Å². The molecule has 0 aromatic rings. The topological polar surface area (TPSA) is 76.1 Å². The van der Waals surface area contributed by atoms with Crippen LogP contribution in [0.4, 0.5) is 4.79 Å². The molecule has 23 heavy (non-hydrogen) atoms. The molecule has 6 nitrogen and oxygen atoms in total. The minimum atomic E-state index is -0.990. The van der Waals surface area contributed by atoms with Gasteiger partial charge in [-0.3, -0.25) is 9.69 Å². The predicted octanol–water partition coefficient (Wildman–Crippen LogP) is 2.72. The maximum Gasteiger partial charge on any atom is 0.412 e. The highest BCUT2D eigenvalue weighted by Crippen LogP contribution is 2.32. The van der Waals surface area contributed by atoms with Crippen LogP contribution in [0, 0.1) is 5.41 Å². The van der Waals surface area contributed by atoms with Crippen LogP contribution >= 0.6 is 0 Å². The number of aliphatic hydroxyl groups excluding tert-OH is 1. The fraction of sp³-hybridized carbons (Fsp3) is 0.882. The summed E-state index contributed by atoms with van der Waals surface area (Å²) in [6, 6.07) is -0.605. The molecule has 0 bridgehead atoms. The van der Waals surface area contributed by atoms with Crippen LogP contribution in [-0.2, 0) is 14.3 Å². The first kappa shape index (κ1) is 19.9. The molecule has 0 unspecified atom stereocenters. The van der Waals surface area contributed by atoms with Crippen LogP contribution < -0.4 is 0 Å². The quantitative estimate of drug-likeness (QED) is 0.861. The van der Waals surface area contributed by atoms with Crippen LogP contribution in [0.1, 0.15) is 61.8 Å². The molecule has 0 spiro atoms. The first-order valence-electron chi connectivity index (χ1n) is 8.03. The molecule has 2 atom stereocenters. The first-order valence-corrected chi connectivity index (χ1v) is 8.03. The lowest BCUT2D eigenvalue weighted by molar-refractivity contribution is -0.129. The van der Waals surface area contributed by atoms with Gasteiger partial charge in [0.1, 0.15) is 17.1 Å². The summed E-state index contributed by atoms with van der Waals surface area (Å²) in [5.74, 6) is -0.0566. The number of carbonyl (C=O) groups is 2. The number of carbonyl (C=O) groups excluding carboxylic acids is 2. The molecule has 1 rings (SSSR count). The van der Waals surface area contributed by atoms with Gasteiger partial charge < -0.3 is 14.6 Å². The van der Waals surface area contributed by atoms with Crippen molar-refractivity contribution in [1.29, 1.82) is 0 Å². The van der Waals surface area contributed by atoms with Gasteiger partial charge in [0.2, 0.25) is 0 Å². The summed E-state index contributed by atoms with van der Waals surface area (Å²) in [5.41, 5.74) is -2.07. The third-order valence-corrected chi connectivity index (χ3v) is 3.78. The summed E-state index contributed by atoms with van der Waals surface area (Å²) in [6.45, 7) is 14.4. The van der Waals surface area contributed by atoms with Gasteiger partial charge in [0.25, 0.3) is 0 Å². The second-order valence-electron chi connectivity index (χ2n) is 8.62. The van der Waals surface area contributed by atoms with Crippen LogP contribution in [0.15, 0.2) is 0 Å². The monoisotopic (exact) mass is 329 g/mol. The summed E-state index contributed by atoms with van der Waals surface area (Å²) >= 11 is 0. The summed E-state index contributed by atoms with van der Waals surface area (Å²) in [4.78, 5) is 26.1. The predicted molar refractivity (Wildman–Crippen MR) is 87.0 cm³/mol. The Morgan fingerprint density at radius 3 is 2.22 bits per heavy atom. The molecule has 1 fully saturated rings. The highest BCUT2D eigenvalue weighted by molar-refractivity contribution is 5.84. The van der Waals surface area contributed by atoms with Crippen molar-refractivity contribution >= 4 is 11.9 Å². The molecule has 1 saturated heterocycles. The minimum absolute atomic E-state index is 0.0209. The zero-order chi connectivity index (χ0) is 18.2. The van der Waals surface area contributed by atoms with Crippen molar-refractivity contribution in [2.24, 2.45) is 5.41 Å². The maximum atomic E-state index is 12.5. The van der Waals surface area contributed by atoms with Gasteiger partial charge in [-0.05, 0) is 34.6 Å². The normalized spacial score (nSPS) is 22.8. The number of aliphatic hydroxyl groups is 1. The van der Waals surface area contributed by atoms with Gasteiger partial charge in [-0.2, -0.15) is 0 Å². The summed E-state index contributed by atoms with van der Waals surface area (Å²) < 4.78 is 11.1. The second kappa shape index (κ2) is 6.40. The maximum absolute atomic E-state index is 12.5. The summed E-state index contributed by atoms with van der Waals surface area (Å²) in [5, 5.41) is 10.5. The average Bonchev–Trinajstić information content (AvgIpc) is 2.61. The molecule has 0 aliphatic carbocycles. The molecule has 6 heteroatoms. The number of nitrogens with zero attached hydrogens (tertiary/aromatic N) is 1. The van der Waals surface area contributed by atoms with E-state index in [9.17, 15) is 14.7 Å². The average molecular weight is 329 g/mol. The number of hydrogen-bond acceptors (Lipinski definition) is 5. The molecule has 1 aliphatic rings. The molecule has 1 amide bonds. The van der Waals surface area contributed by atoms with Crippen molar-refractivity contribution in [2.75, 3.05) is 6.61 Å². The van der Waals surface area contributed by atoms with Gasteiger partial charge in [0.05, 0.1) is 18.8 Å². The minimum Gasteiger partial charge on any atom is -0.444 e. The zero-order valence-electron chi connectivity index (χ0n) is 15.6. The number of Topliss-reactive ketones (excluding diaryl/α,β-unsaturated/α-hetero) is 1. The molecule has 0 radical (unpaired) electrons. The standard InChI is InChI=1S/C17H31NO5/c1-15(2,3)13(20)9-12(19)11-10-22-17(7,8)18(11)14(21)23-16(4,5)6/h11-12,19H,9-10H2,1-8H3/t11-,12+/m1/s1. The van der Waals surface area contributed by atoms with E-state index in [2.05, 4.69) is 0 Å². The molecule has 134 valence electrons. The largest absolute Gasteiger partial charge is 0.444 e. The Kier molecular flexibility index (Phi) is 5.54. The molecule has 1 aliphatic heterocycles. The van der Waals surface area contributed by atoms with E-state index in [1.807, 2.05) is 20.8 Å². The number of hydrogen-bond donors (Lipinski definition) is 1. The third-order valence-electron chi connectivity index (χ3n) is 3.78. The Labute approximate surface area is 139 Å². The number of amides is 1. The zero-order valence-corrected chi connectivity index (χ0v) is 15.6. The Hall–Kier alpha value is -1.14. The van der Waals surface area contributed by atoms with Crippen LogP contribution in [-0.4, -0.2) is 52.0 Å². The van der Waals surface area contributed by atoms with E-state index in [0.717, 1.165) is 0 Å². The highest BCUT2D eigenvalue weighted by atomic mass is 16.6. The Morgan fingerprint density at radius 1 is 1.26 bits per heavy atom. The molecule has 1 heterocycles. The number of ether oxygens (including phenoxy) is 2. The van der Waals surface area contributed by atoms with Crippen molar-refractivity contribution < 1.29 is 24.2 Å². The van der Waals surface area contributed by atoms with E-state index >= 15 is 0 Å². The van der Waals surface area contributed by atoms with Crippen molar-refractivity contribution in [1.82, 2.24) is 4.90 Å². The van der Waals surface area contributed by atoms with E-state index < -0.39 is 35.0 Å². The van der Waals surface area contributed by atoms with Gasteiger partial charge in [-0.1, -0.05) is 20.8 Å². The van der Waals surface area contributed by atoms with Crippen LogP contribution in [0.5, 0.6) is 0 Å². The van der Waals surface area contributed by atoms with Gasteiger partial charge >= 0.3 is 6.09 Å². The molecular weight excluding hydrogens is 298 g/mol. The number of rotatable bonds is 3. The molecule has 0 aromatic carbocycles. The van der Waals surface area contributed by atoms with Crippen molar-refractivity contribution in [3.8, 4) is 0 Å². The van der Waals surface area contributed by atoms with Crippen molar-refractivity contribution in [3.63, 3.8) is 0 Å². The lowest BCUT2D eigenvalue weighted by Crippen LogP contribution is -2.53. The van der Waals surface area contributed by atoms with Crippen LogP contribution in [0.2, 0.25) is 0 Å². The lowest BCUT2D eigenvalue weighted by atomic mass is 9.86. The molecular formula is C17H31NO5. The summed E-state index contributed by atoms with van der Waals surface area (Å²) in [6.07, 6.45) is -1.56. The smallest absolute Gasteiger partial charge is 0.412 e. The molecule has 1 N–H and O–H groups in total. The highest BCUT2D eigenvalue weighted by Gasteiger charge is 2.48. The van der Waals surface area contributed by atoms with E-state index in [-0.39, 0.29) is 18.8 Å². The summed E-state index contributed by atoms with van der Waals surface area (Å²) in [7, 11) is 0. The van der Waals surface area contributed by atoms with Gasteiger partial charge in [0, 0.05) is 11.8 Å². The van der Waals surface area contributed by atoms with Gasteiger partial charge in [-0.25, -0.2) is 4.79 Å². The second-order valence-corrected chi connectivity index (χ2v) is 8.62. The first-order chi connectivity index (χ1) is 10.1.